The third-order valence-corrected chi connectivity index (χ3v) is 12.4. The monoisotopic (exact) mass is 738 g/mol. The van der Waals surface area contributed by atoms with E-state index in [0.717, 1.165) is 12.8 Å². The maximum absolute atomic E-state index is 2.42. The molecule has 2 heteroatoms. The molecule has 2 aliphatic rings. The average molecular weight is 739 g/mol. The van der Waals surface area contributed by atoms with E-state index in [1.54, 1.807) is 0 Å². The molecule has 2 nitrogen and oxygen atoms in total. The first-order valence-corrected chi connectivity index (χ1v) is 20.3. The van der Waals surface area contributed by atoms with Crippen LogP contribution >= 0.6 is 0 Å². The Morgan fingerprint density at radius 2 is 0.603 bits per heavy atom. The first-order chi connectivity index (χ1) is 28.8. The molecule has 0 aliphatic carbocycles. The lowest BCUT2D eigenvalue weighted by atomic mass is 9.87. The molecular weight excluding hydrogens is 701 g/mol. The van der Waals surface area contributed by atoms with Gasteiger partial charge in [-0.15, -0.1) is 0 Å². The van der Waals surface area contributed by atoms with Gasteiger partial charge in [-0.25, -0.2) is 0 Å². The second-order valence-electron chi connectivity index (χ2n) is 15.7. The zero-order valence-corrected chi connectivity index (χ0v) is 31.9. The third-order valence-electron chi connectivity index (χ3n) is 12.4. The Morgan fingerprint density at radius 3 is 0.966 bits per heavy atom. The SMILES string of the molecule is c1ccc2c(c1)Cc1ccccc1N2c1ccc(-c2cc3cc(-c4ccc(N5c6ccccc6Cc6ccccc65)cc4)c4ccccc4c3c3ccccc23)cc1. The Bertz CT molecular complexity index is 2930. The van der Waals surface area contributed by atoms with Crippen LogP contribution in [0.5, 0.6) is 0 Å². The number of anilines is 6. The molecule has 2 aliphatic heterocycles. The number of para-hydroxylation sites is 4. The number of nitrogens with zero attached hydrogens (tertiary/aromatic N) is 2. The maximum Gasteiger partial charge on any atom is 0.0497 e. The Kier molecular flexibility index (Phi) is 7.39. The van der Waals surface area contributed by atoms with E-state index in [4.69, 9.17) is 0 Å². The molecule has 0 fully saturated rings. The molecule has 2 heterocycles. The summed E-state index contributed by atoms with van der Waals surface area (Å²) in [5, 5.41) is 7.63. The van der Waals surface area contributed by atoms with Gasteiger partial charge in [0, 0.05) is 47.0 Å². The van der Waals surface area contributed by atoms with Crippen LogP contribution in [-0.2, 0) is 12.8 Å². The Morgan fingerprint density at radius 1 is 0.293 bits per heavy atom. The van der Waals surface area contributed by atoms with Gasteiger partial charge in [-0.1, -0.05) is 146 Å². The fourth-order valence-corrected chi connectivity index (χ4v) is 9.78. The summed E-state index contributed by atoms with van der Waals surface area (Å²) in [4.78, 5) is 4.84. The van der Waals surface area contributed by atoms with Crippen LogP contribution in [0.15, 0.2) is 206 Å². The van der Waals surface area contributed by atoms with Crippen molar-refractivity contribution in [1.29, 1.82) is 0 Å². The minimum Gasteiger partial charge on any atom is -0.310 e. The van der Waals surface area contributed by atoms with Gasteiger partial charge >= 0.3 is 0 Å². The van der Waals surface area contributed by atoms with Crippen molar-refractivity contribution in [3.8, 4) is 22.3 Å². The quantitative estimate of drug-likeness (QED) is 0.166. The van der Waals surface area contributed by atoms with Crippen LogP contribution in [0, 0.1) is 0 Å². The van der Waals surface area contributed by atoms with E-state index >= 15 is 0 Å². The first-order valence-electron chi connectivity index (χ1n) is 20.3. The van der Waals surface area contributed by atoms with Crippen LogP contribution < -0.4 is 9.80 Å². The summed E-state index contributed by atoms with van der Waals surface area (Å²) >= 11 is 0. The van der Waals surface area contributed by atoms with Gasteiger partial charge in [0.1, 0.15) is 0 Å². The third kappa shape index (κ3) is 5.12. The highest BCUT2D eigenvalue weighted by atomic mass is 15.2. The van der Waals surface area contributed by atoms with Gasteiger partial charge in [0.05, 0.1) is 0 Å². The topological polar surface area (TPSA) is 6.48 Å². The van der Waals surface area contributed by atoms with E-state index in [1.165, 1.54) is 111 Å². The molecule has 0 bridgehead atoms. The summed E-state index contributed by atoms with van der Waals surface area (Å²) in [6.07, 6.45) is 1.90. The molecule has 272 valence electrons. The Labute approximate surface area is 338 Å². The van der Waals surface area contributed by atoms with Gasteiger partial charge in [0.25, 0.3) is 0 Å². The summed E-state index contributed by atoms with van der Waals surface area (Å²) in [5.74, 6) is 0. The van der Waals surface area contributed by atoms with E-state index in [2.05, 4.69) is 216 Å². The summed E-state index contributed by atoms with van der Waals surface area (Å²) in [6, 6.07) is 76.3. The van der Waals surface area contributed by atoms with Crippen molar-refractivity contribution >= 4 is 66.4 Å². The Hall–Kier alpha value is -7.42. The molecule has 0 saturated heterocycles. The standard InChI is InChI=1S/C56H38N2/c1-9-21-52-39(13-1)33-40-14-2-10-22-53(40)57(52)44-29-25-37(26-30-44)50-35-43-36-51(47-18-6-8-20-49(47)56(43)48-19-7-5-17-46(48)50)38-27-31-45(32-28-38)58-54-23-11-3-15-41(54)34-42-16-4-12-24-55(42)58/h1-32,35-36H,33-34H2. The van der Waals surface area contributed by atoms with E-state index in [9.17, 15) is 0 Å². The van der Waals surface area contributed by atoms with Gasteiger partial charge in [0.2, 0.25) is 0 Å². The summed E-state index contributed by atoms with van der Waals surface area (Å²) in [6.45, 7) is 0. The number of hydrogen-bond acceptors (Lipinski definition) is 2. The normalized spacial score (nSPS) is 13.0. The number of hydrogen-bond donors (Lipinski definition) is 0. The van der Waals surface area contributed by atoms with Crippen molar-refractivity contribution in [2.24, 2.45) is 0 Å². The second-order valence-corrected chi connectivity index (χ2v) is 15.7. The van der Waals surface area contributed by atoms with Crippen molar-refractivity contribution in [2.75, 3.05) is 9.80 Å². The van der Waals surface area contributed by atoms with Gasteiger partial charge in [-0.2, -0.15) is 0 Å². The largest absolute Gasteiger partial charge is 0.310 e. The lowest BCUT2D eigenvalue weighted by Gasteiger charge is -2.33. The van der Waals surface area contributed by atoms with Crippen LogP contribution in [-0.4, -0.2) is 0 Å². The van der Waals surface area contributed by atoms with Crippen molar-refractivity contribution in [2.45, 2.75) is 12.8 Å². The van der Waals surface area contributed by atoms with E-state index in [-0.39, 0.29) is 0 Å². The highest BCUT2D eigenvalue weighted by molar-refractivity contribution is 6.25. The molecule has 58 heavy (non-hydrogen) atoms. The van der Waals surface area contributed by atoms with Crippen LogP contribution in [0.1, 0.15) is 22.3 Å². The molecule has 10 aromatic rings. The molecule has 0 radical (unpaired) electrons. The van der Waals surface area contributed by atoms with Crippen LogP contribution in [0.4, 0.5) is 34.1 Å². The van der Waals surface area contributed by atoms with Crippen LogP contribution in [0.3, 0.4) is 0 Å². The molecule has 12 rings (SSSR count). The number of rotatable bonds is 4. The van der Waals surface area contributed by atoms with Crippen LogP contribution in [0.25, 0.3) is 54.6 Å². The molecule has 0 N–H and O–H groups in total. The van der Waals surface area contributed by atoms with Gasteiger partial charge < -0.3 is 9.80 Å². The van der Waals surface area contributed by atoms with Gasteiger partial charge in [-0.3, -0.25) is 0 Å². The smallest absolute Gasteiger partial charge is 0.0497 e. The van der Waals surface area contributed by atoms with E-state index < -0.39 is 0 Å². The van der Waals surface area contributed by atoms with Crippen molar-refractivity contribution in [1.82, 2.24) is 0 Å². The molecular formula is C56H38N2. The first kappa shape index (κ1) is 32.8. The van der Waals surface area contributed by atoms with Crippen molar-refractivity contribution in [3.63, 3.8) is 0 Å². The molecule has 0 amide bonds. The highest BCUT2D eigenvalue weighted by Gasteiger charge is 2.25. The second kappa shape index (κ2) is 13.1. The predicted octanol–water partition coefficient (Wildman–Crippen LogP) is 15.2. The summed E-state index contributed by atoms with van der Waals surface area (Å²) in [5.41, 5.74) is 17.7. The fourth-order valence-electron chi connectivity index (χ4n) is 9.78. The molecule has 0 unspecified atom stereocenters. The maximum atomic E-state index is 2.42. The lowest BCUT2D eigenvalue weighted by molar-refractivity contribution is 1.09. The minimum atomic E-state index is 0.951. The summed E-state index contributed by atoms with van der Waals surface area (Å²) < 4.78 is 0. The molecule has 0 saturated carbocycles. The number of fused-ring (bicyclic) bond motifs is 9. The Balaban J connectivity index is 0.987. The zero-order valence-electron chi connectivity index (χ0n) is 31.9. The molecule has 0 atom stereocenters. The molecule has 0 spiro atoms. The van der Waals surface area contributed by atoms with E-state index in [1.807, 2.05) is 0 Å². The predicted molar refractivity (Wildman–Crippen MR) is 245 cm³/mol. The highest BCUT2D eigenvalue weighted by Crippen LogP contribution is 2.47. The van der Waals surface area contributed by atoms with Gasteiger partial charge in [-0.05, 0) is 137 Å². The van der Waals surface area contributed by atoms with Crippen molar-refractivity contribution < 1.29 is 0 Å². The zero-order chi connectivity index (χ0) is 38.2. The number of benzene rings is 10. The minimum absolute atomic E-state index is 0.951. The molecule has 0 aromatic heterocycles. The van der Waals surface area contributed by atoms with Crippen LogP contribution in [0.2, 0.25) is 0 Å². The average Bonchev–Trinajstić information content (AvgIpc) is 3.29. The van der Waals surface area contributed by atoms with E-state index in [0.29, 0.717) is 0 Å². The summed E-state index contributed by atoms with van der Waals surface area (Å²) in [7, 11) is 0. The molecule has 10 aromatic carbocycles. The van der Waals surface area contributed by atoms with Gasteiger partial charge in [0.15, 0.2) is 0 Å². The fraction of sp³-hybridized carbons (Fsp3) is 0.0357. The lowest BCUT2D eigenvalue weighted by Crippen LogP contribution is -2.18. The van der Waals surface area contributed by atoms with Crippen molar-refractivity contribution in [3.05, 3.63) is 229 Å².